The van der Waals surface area contributed by atoms with E-state index in [1.807, 2.05) is 24.3 Å². The van der Waals surface area contributed by atoms with Crippen molar-refractivity contribution in [1.82, 2.24) is 5.32 Å². The maximum absolute atomic E-state index is 6.12. The Bertz CT molecular complexity index is 333. The van der Waals surface area contributed by atoms with E-state index in [1.165, 1.54) is 0 Å². The van der Waals surface area contributed by atoms with Gasteiger partial charge in [-0.05, 0) is 24.1 Å². The van der Waals surface area contributed by atoms with E-state index in [-0.39, 0.29) is 5.38 Å². The molecule has 1 unspecified atom stereocenters. The van der Waals surface area contributed by atoms with Gasteiger partial charge in [-0.3, -0.25) is 0 Å². The lowest BCUT2D eigenvalue weighted by Crippen LogP contribution is -2.30. The molecule has 0 fully saturated rings. The molecule has 0 heterocycles. The van der Waals surface area contributed by atoms with E-state index in [2.05, 4.69) is 35.1 Å². The average Bonchev–Trinajstić information content (AvgIpc) is 2.28. The number of alkyl halides is 1. The van der Waals surface area contributed by atoms with Gasteiger partial charge in [-0.25, -0.2) is 0 Å². The van der Waals surface area contributed by atoms with E-state index in [4.69, 9.17) is 16.3 Å². The molecule has 17 heavy (non-hydrogen) atoms. The van der Waals surface area contributed by atoms with E-state index in [0.29, 0.717) is 12.5 Å². The van der Waals surface area contributed by atoms with Crippen LogP contribution in [0.15, 0.2) is 28.7 Å². The van der Waals surface area contributed by atoms with Crippen LogP contribution in [0.5, 0.6) is 5.75 Å². The second kappa shape index (κ2) is 7.96. The molecule has 96 valence electrons. The van der Waals surface area contributed by atoms with Crippen LogP contribution >= 0.6 is 27.5 Å². The van der Waals surface area contributed by atoms with E-state index in [9.17, 15) is 0 Å². The van der Waals surface area contributed by atoms with Crippen LogP contribution in [-0.2, 0) is 0 Å². The quantitative estimate of drug-likeness (QED) is 0.611. The Labute approximate surface area is 117 Å². The van der Waals surface area contributed by atoms with Gasteiger partial charge in [0.25, 0.3) is 0 Å². The van der Waals surface area contributed by atoms with E-state index >= 15 is 0 Å². The number of rotatable bonds is 7. The van der Waals surface area contributed by atoms with E-state index in [0.717, 1.165) is 23.3 Å². The molecule has 0 bridgehead atoms. The Kier molecular flexibility index (Phi) is 6.93. The summed E-state index contributed by atoms with van der Waals surface area (Å²) in [4.78, 5) is 0. The SMILES string of the molecule is CC(C)C(Cl)CNCCOc1cccc(Br)c1. The molecule has 0 radical (unpaired) electrons. The van der Waals surface area contributed by atoms with Crippen LogP contribution < -0.4 is 10.1 Å². The fraction of sp³-hybridized carbons (Fsp3) is 0.538. The summed E-state index contributed by atoms with van der Waals surface area (Å²) in [5.74, 6) is 1.38. The van der Waals surface area contributed by atoms with Crippen LogP contribution in [0.2, 0.25) is 0 Å². The van der Waals surface area contributed by atoms with Crippen LogP contribution in [0, 0.1) is 5.92 Å². The van der Waals surface area contributed by atoms with Gasteiger partial charge in [-0.2, -0.15) is 0 Å². The van der Waals surface area contributed by atoms with Gasteiger partial charge in [0.1, 0.15) is 12.4 Å². The maximum Gasteiger partial charge on any atom is 0.120 e. The standard InChI is InChI=1S/C13H19BrClNO/c1-10(2)13(15)9-16-6-7-17-12-5-3-4-11(14)8-12/h3-5,8,10,13,16H,6-7,9H2,1-2H3. The van der Waals surface area contributed by atoms with Gasteiger partial charge < -0.3 is 10.1 Å². The summed E-state index contributed by atoms with van der Waals surface area (Å²) in [6.07, 6.45) is 0. The zero-order valence-electron chi connectivity index (χ0n) is 10.2. The molecule has 0 amide bonds. The molecule has 4 heteroatoms. The fourth-order valence-electron chi connectivity index (χ4n) is 1.27. The van der Waals surface area contributed by atoms with Gasteiger partial charge in [-0.1, -0.05) is 35.8 Å². The largest absolute Gasteiger partial charge is 0.492 e. The smallest absolute Gasteiger partial charge is 0.120 e. The highest BCUT2D eigenvalue weighted by atomic mass is 79.9. The first-order chi connectivity index (χ1) is 8.09. The van der Waals surface area contributed by atoms with Gasteiger partial charge in [-0.15, -0.1) is 11.6 Å². The van der Waals surface area contributed by atoms with Gasteiger partial charge in [0, 0.05) is 22.9 Å². The predicted octanol–water partition coefficient (Wildman–Crippen LogP) is 3.68. The van der Waals surface area contributed by atoms with Crippen LogP contribution in [0.3, 0.4) is 0 Å². The Morgan fingerprint density at radius 3 is 2.82 bits per heavy atom. The van der Waals surface area contributed by atoms with Crippen molar-refractivity contribution in [1.29, 1.82) is 0 Å². The third-order valence-electron chi connectivity index (χ3n) is 2.41. The molecule has 0 saturated heterocycles. The van der Waals surface area contributed by atoms with Gasteiger partial charge in [0.05, 0.1) is 0 Å². The molecular formula is C13H19BrClNO. The first-order valence-electron chi connectivity index (χ1n) is 5.82. The summed E-state index contributed by atoms with van der Waals surface area (Å²) in [6, 6.07) is 7.84. The summed E-state index contributed by atoms with van der Waals surface area (Å²) >= 11 is 9.53. The number of nitrogens with one attached hydrogen (secondary N) is 1. The second-order valence-corrected chi connectivity index (χ2v) is 5.75. The molecule has 0 spiro atoms. The van der Waals surface area contributed by atoms with Gasteiger partial charge in [0.15, 0.2) is 0 Å². The Hall–Kier alpha value is -0.250. The predicted molar refractivity (Wildman–Crippen MR) is 77.0 cm³/mol. The summed E-state index contributed by atoms with van der Waals surface area (Å²) in [7, 11) is 0. The number of halogens is 2. The molecule has 1 rings (SSSR count). The highest BCUT2D eigenvalue weighted by Crippen LogP contribution is 2.17. The number of hydrogen-bond donors (Lipinski definition) is 1. The van der Waals surface area contributed by atoms with Crippen molar-refractivity contribution in [2.45, 2.75) is 19.2 Å². The highest BCUT2D eigenvalue weighted by Gasteiger charge is 2.07. The zero-order chi connectivity index (χ0) is 12.7. The van der Waals surface area contributed by atoms with Crippen molar-refractivity contribution >= 4 is 27.5 Å². The summed E-state index contributed by atoms with van der Waals surface area (Å²) in [6.45, 7) is 6.52. The molecular weight excluding hydrogens is 302 g/mol. The second-order valence-electron chi connectivity index (χ2n) is 4.27. The molecule has 1 N–H and O–H groups in total. The van der Waals surface area contributed by atoms with Crippen molar-refractivity contribution in [3.8, 4) is 5.75 Å². The lowest BCUT2D eigenvalue weighted by Gasteiger charge is -2.14. The van der Waals surface area contributed by atoms with Crippen LogP contribution in [-0.4, -0.2) is 25.1 Å². The molecule has 1 atom stereocenters. The van der Waals surface area contributed by atoms with Crippen molar-refractivity contribution in [3.63, 3.8) is 0 Å². The minimum absolute atomic E-state index is 0.181. The molecule has 1 aromatic rings. The summed E-state index contributed by atoms with van der Waals surface area (Å²) < 4.78 is 6.62. The Morgan fingerprint density at radius 1 is 1.41 bits per heavy atom. The lowest BCUT2D eigenvalue weighted by molar-refractivity contribution is 0.312. The van der Waals surface area contributed by atoms with Crippen LogP contribution in [0.1, 0.15) is 13.8 Å². The zero-order valence-corrected chi connectivity index (χ0v) is 12.6. The third-order valence-corrected chi connectivity index (χ3v) is 3.56. The number of ether oxygens (including phenoxy) is 1. The lowest BCUT2D eigenvalue weighted by atomic mass is 10.1. The topological polar surface area (TPSA) is 21.3 Å². The Morgan fingerprint density at radius 2 is 2.18 bits per heavy atom. The fourth-order valence-corrected chi connectivity index (χ4v) is 1.76. The summed E-state index contributed by atoms with van der Waals surface area (Å²) in [5.41, 5.74) is 0. The molecule has 0 aromatic heterocycles. The molecule has 1 aromatic carbocycles. The molecule has 0 aliphatic rings. The van der Waals surface area contributed by atoms with Crippen molar-refractivity contribution in [3.05, 3.63) is 28.7 Å². The average molecular weight is 321 g/mol. The minimum atomic E-state index is 0.181. The maximum atomic E-state index is 6.12. The molecule has 0 saturated carbocycles. The van der Waals surface area contributed by atoms with Crippen molar-refractivity contribution in [2.75, 3.05) is 19.7 Å². The monoisotopic (exact) mass is 319 g/mol. The number of hydrogen-bond acceptors (Lipinski definition) is 2. The molecule has 0 aliphatic heterocycles. The normalized spacial score (nSPS) is 12.8. The van der Waals surface area contributed by atoms with E-state index in [1.54, 1.807) is 0 Å². The first-order valence-corrected chi connectivity index (χ1v) is 7.05. The van der Waals surface area contributed by atoms with Crippen LogP contribution in [0.4, 0.5) is 0 Å². The molecule has 0 aliphatic carbocycles. The highest BCUT2D eigenvalue weighted by molar-refractivity contribution is 9.10. The van der Waals surface area contributed by atoms with Crippen molar-refractivity contribution < 1.29 is 4.74 Å². The third kappa shape index (κ3) is 6.29. The summed E-state index contributed by atoms with van der Waals surface area (Å²) in [5, 5.41) is 3.46. The van der Waals surface area contributed by atoms with Gasteiger partial charge in [0.2, 0.25) is 0 Å². The van der Waals surface area contributed by atoms with Crippen LogP contribution in [0.25, 0.3) is 0 Å². The first kappa shape index (κ1) is 14.8. The Balaban J connectivity index is 2.12. The molecule has 2 nitrogen and oxygen atoms in total. The van der Waals surface area contributed by atoms with Gasteiger partial charge >= 0.3 is 0 Å². The van der Waals surface area contributed by atoms with E-state index < -0.39 is 0 Å². The number of benzene rings is 1. The minimum Gasteiger partial charge on any atom is -0.492 e. The van der Waals surface area contributed by atoms with Crippen molar-refractivity contribution in [2.24, 2.45) is 5.92 Å².